The first-order valence-electron chi connectivity index (χ1n) is 8.29. The summed E-state index contributed by atoms with van der Waals surface area (Å²) in [5, 5.41) is 0. The van der Waals surface area contributed by atoms with Crippen molar-refractivity contribution < 1.29 is 23.9 Å². The average Bonchev–Trinajstić information content (AvgIpc) is 2.67. The van der Waals surface area contributed by atoms with Gasteiger partial charge in [-0.2, -0.15) is 0 Å². The molecule has 0 saturated carbocycles. The van der Waals surface area contributed by atoms with Crippen LogP contribution in [0.1, 0.15) is 22.8 Å². The summed E-state index contributed by atoms with van der Waals surface area (Å²) in [6.07, 6.45) is -1.81. The number of esters is 2. The minimum atomic E-state index is -1.05. The molecule has 0 bridgehead atoms. The number of carbonyl (C=O) groups excluding carboxylic acids is 3. The fourth-order valence-electron chi connectivity index (χ4n) is 2.82. The second-order valence-electron chi connectivity index (χ2n) is 6.07. The van der Waals surface area contributed by atoms with Crippen molar-refractivity contribution in [3.63, 3.8) is 0 Å². The van der Waals surface area contributed by atoms with Crippen LogP contribution < -0.4 is 4.90 Å². The Morgan fingerprint density at radius 3 is 2.50 bits per heavy atom. The molecule has 1 amide bonds. The topological polar surface area (TPSA) is 72.9 Å². The molecule has 1 aliphatic rings. The number of hydrogen-bond acceptors (Lipinski definition) is 5. The number of carbonyl (C=O) groups is 3. The molecule has 2 aromatic rings. The zero-order chi connectivity index (χ0) is 18.7. The van der Waals surface area contributed by atoms with Crippen LogP contribution in [0.25, 0.3) is 0 Å². The number of rotatable bonds is 4. The van der Waals surface area contributed by atoms with E-state index in [9.17, 15) is 14.4 Å². The molecule has 1 heterocycles. The van der Waals surface area contributed by atoms with Crippen LogP contribution in [0.5, 0.6) is 0 Å². The van der Waals surface area contributed by atoms with Gasteiger partial charge in [0, 0.05) is 19.2 Å². The molecule has 3 rings (SSSR count). The lowest BCUT2D eigenvalue weighted by Gasteiger charge is -2.26. The van der Waals surface area contributed by atoms with Gasteiger partial charge in [0.25, 0.3) is 5.91 Å². The van der Waals surface area contributed by atoms with E-state index < -0.39 is 24.1 Å². The summed E-state index contributed by atoms with van der Waals surface area (Å²) in [6, 6.07) is 16.0. The largest absolute Gasteiger partial charge is 0.450 e. The monoisotopic (exact) mass is 353 g/mol. The molecular formula is C20H19NO5. The maximum atomic E-state index is 12.5. The number of ether oxygens (including phenoxy) is 2. The van der Waals surface area contributed by atoms with E-state index in [1.807, 2.05) is 18.2 Å². The number of fused-ring (bicyclic) bond motifs is 1. The predicted molar refractivity (Wildman–Crippen MR) is 94.8 cm³/mol. The zero-order valence-corrected chi connectivity index (χ0v) is 14.5. The second kappa shape index (κ2) is 7.39. The van der Waals surface area contributed by atoms with Crippen molar-refractivity contribution in [2.45, 2.75) is 25.6 Å². The van der Waals surface area contributed by atoms with Crippen LogP contribution in [0.4, 0.5) is 5.69 Å². The molecule has 0 N–H and O–H groups in total. The van der Waals surface area contributed by atoms with E-state index in [4.69, 9.17) is 9.47 Å². The Bertz CT molecular complexity index is 833. The Morgan fingerprint density at radius 2 is 1.77 bits per heavy atom. The van der Waals surface area contributed by atoms with Crippen LogP contribution in [0.15, 0.2) is 54.6 Å². The van der Waals surface area contributed by atoms with Gasteiger partial charge in [0.05, 0.1) is 5.56 Å². The third-order valence-electron chi connectivity index (χ3n) is 4.27. The van der Waals surface area contributed by atoms with Crippen molar-refractivity contribution in [2.24, 2.45) is 0 Å². The Hall–Kier alpha value is -3.15. The van der Waals surface area contributed by atoms with Gasteiger partial charge < -0.3 is 14.4 Å². The highest BCUT2D eigenvalue weighted by Crippen LogP contribution is 2.22. The Balaban J connectivity index is 1.65. The van der Waals surface area contributed by atoms with Crippen LogP contribution in [0.3, 0.4) is 0 Å². The summed E-state index contributed by atoms with van der Waals surface area (Å²) in [5.41, 5.74) is 1.87. The number of para-hydroxylation sites is 1. The summed E-state index contributed by atoms with van der Waals surface area (Å²) in [5.74, 6) is -1.66. The maximum absolute atomic E-state index is 12.5. The van der Waals surface area contributed by atoms with Gasteiger partial charge in [-0.25, -0.2) is 9.59 Å². The van der Waals surface area contributed by atoms with Crippen molar-refractivity contribution in [3.05, 3.63) is 65.7 Å². The molecular weight excluding hydrogens is 334 g/mol. The molecule has 2 atom stereocenters. The second-order valence-corrected chi connectivity index (χ2v) is 6.07. The third-order valence-corrected chi connectivity index (χ3v) is 4.27. The molecule has 6 heteroatoms. The Labute approximate surface area is 151 Å². The van der Waals surface area contributed by atoms with Crippen molar-refractivity contribution in [2.75, 3.05) is 11.9 Å². The highest BCUT2D eigenvalue weighted by Gasteiger charge is 2.34. The highest BCUT2D eigenvalue weighted by atomic mass is 16.6. The summed E-state index contributed by atoms with van der Waals surface area (Å²) in [6.45, 7) is 1.50. The zero-order valence-electron chi connectivity index (χ0n) is 14.5. The van der Waals surface area contributed by atoms with E-state index in [1.165, 1.54) is 11.8 Å². The smallest absolute Gasteiger partial charge is 0.348 e. The first kappa shape index (κ1) is 17.7. The van der Waals surface area contributed by atoms with Gasteiger partial charge in [-0.05, 0) is 30.7 Å². The first-order valence-corrected chi connectivity index (χ1v) is 8.29. The fourth-order valence-corrected chi connectivity index (χ4v) is 2.82. The number of hydrogen-bond donors (Lipinski definition) is 0. The van der Waals surface area contributed by atoms with E-state index in [1.54, 1.807) is 43.4 Å². The SMILES string of the molecule is CC(OC(=O)C1Cc2ccccc2C(=O)O1)C(=O)N(C)c1ccccc1. The molecule has 0 spiro atoms. The van der Waals surface area contributed by atoms with Gasteiger partial charge in [-0.15, -0.1) is 0 Å². The number of cyclic esters (lactones) is 1. The lowest BCUT2D eigenvalue weighted by molar-refractivity contribution is -0.162. The number of amides is 1. The lowest BCUT2D eigenvalue weighted by Crippen LogP contribution is -2.42. The van der Waals surface area contributed by atoms with Crippen LogP contribution in [-0.2, 0) is 25.5 Å². The third kappa shape index (κ3) is 3.59. The van der Waals surface area contributed by atoms with E-state index in [2.05, 4.69) is 0 Å². The fraction of sp³-hybridized carbons (Fsp3) is 0.250. The van der Waals surface area contributed by atoms with Crippen LogP contribution in [0.2, 0.25) is 0 Å². The van der Waals surface area contributed by atoms with E-state index in [0.717, 1.165) is 5.56 Å². The molecule has 2 aromatic carbocycles. The molecule has 0 fully saturated rings. The van der Waals surface area contributed by atoms with Crippen LogP contribution in [0, 0.1) is 0 Å². The molecule has 2 unspecified atom stereocenters. The summed E-state index contributed by atoms with van der Waals surface area (Å²) >= 11 is 0. The van der Waals surface area contributed by atoms with Crippen molar-refractivity contribution in [3.8, 4) is 0 Å². The molecule has 26 heavy (non-hydrogen) atoms. The molecule has 6 nitrogen and oxygen atoms in total. The van der Waals surface area contributed by atoms with E-state index in [-0.39, 0.29) is 12.3 Å². The first-order chi connectivity index (χ1) is 12.5. The maximum Gasteiger partial charge on any atom is 0.348 e. The molecule has 1 aliphatic heterocycles. The predicted octanol–water partition coefficient (Wildman–Crippen LogP) is 2.36. The summed E-state index contributed by atoms with van der Waals surface area (Å²) < 4.78 is 10.4. The van der Waals surface area contributed by atoms with Gasteiger partial charge >= 0.3 is 11.9 Å². The normalized spacial score (nSPS) is 16.8. The molecule has 0 radical (unpaired) electrons. The Morgan fingerprint density at radius 1 is 1.12 bits per heavy atom. The number of nitrogens with zero attached hydrogens (tertiary/aromatic N) is 1. The standard InChI is InChI=1S/C20H19NO5/c1-13(18(22)21(2)15-9-4-3-5-10-15)25-20(24)17-12-14-8-6-7-11-16(14)19(23)26-17/h3-11,13,17H,12H2,1-2H3. The van der Waals surface area contributed by atoms with E-state index >= 15 is 0 Å². The number of likely N-dealkylation sites (N-methyl/N-ethyl adjacent to an activating group) is 1. The van der Waals surface area contributed by atoms with Gasteiger partial charge in [0.2, 0.25) is 6.10 Å². The van der Waals surface area contributed by atoms with Crippen LogP contribution >= 0.6 is 0 Å². The van der Waals surface area contributed by atoms with Gasteiger partial charge in [0.15, 0.2) is 6.10 Å². The van der Waals surface area contributed by atoms with Gasteiger partial charge in [-0.1, -0.05) is 36.4 Å². The molecule has 0 saturated heterocycles. The van der Waals surface area contributed by atoms with Crippen molar-refractivity contribution in [1.82, 2.24) is 0 Å². The summed E-state index contributed by atoms with van der Waals surface area (Å²) in [4.78, 5) is 38.2. The van der Waals surface area contributed by atoms with Crippen LogP contribution in [-0.4, -0.2) is 37.1 Å². The van der Waals surface area contributed by atoms with Gasteiger partial charge in [0.1, 0.15) is 0 Å². The Kier molecular flexibility index (Phi) is 5.02. The lowest BCUT2D eigenvalue weighted by atomic mass is 9.99. The molecule has 0 aromatic heterocycles. The van der Waals surface area contributed by atoms with Crippen molar-refractivity contribution >= 4 is 23.5 Å². The van der Waals surface area contributed by atoms with Crippen molar-refractivity contribution in [1.29, 1.82) is 0 Å². The average molecular weight is 353 g/mol. The number of benzene rings is 2. The number of anilines is 1. The molecule has 134 valence electrons. The van der Waals surface area contributed by atoms with E-state index in [0.29, 0.717) is 11.3 Å². The molecule has 0 aliphatic carbocycles. The minimum absolute atomic E-state index is 0.232. The quantitative estimate of drug-likeness (QED) is 0.789. The highest BCUT2D eigenvalue weighted by molar-refractivity contribution is 5.98. The summed E-state index contributed by atoms with van der Waals surface area (Å²) in [7, 11) is 1.61. The van der Waals surface area contributed by atoms with Gasteiger partial charge in [-0.3, -0.25) is 4.79 Å². The minimum Gasteiger partial charge on any atom is -0.450 e.